The van der Waals surface area contributed by atoms with Crippen LogP contribution in [-0.2, 0) is 11.2 Å². The van der Waals surface area contributed by atoms with Crippen molar-refractivity contribution in [3.8, 4) is 11.4 Å². The smallest absolute Gasteiger partial charge is 0.338 e. The maximum atomic E-state index is 11.8. The van der Waals surface area contributed by atoms with Gasteiger partial charge in [-0.25, -0.2) is 14.8 Å². The molecule has 1 aromatic heterocycles. The zero-order valence-corrected chi connectivity index (χ0v) is 16.7. The summed E-state index contributed by atoms with van der Waals surface area (Å²) in [7, 11) is 0. The molecule has 1 aromatic carbocycles. The lowest BCUT2D eigenvalue weighted by Gasteiger charge is -2.05. The van der Waals surface area contributed by atoms with Crippen molar-refractivity contribution in [1.29, 1.82) is 0 Å². The number of benzene rings is 1. The second-order valence-electron chi connectivity index (χ2n) is 7.00. The highest BCUT2D eigenvalue weighted by atomic mass is 16.5. The van der Waals surface area contributed by atoms with Crippen molar-refractivity contribution < 1.29 is 9.53 Å². The van der Waals surface area contributed by atoms with E-state index in [9.17, 15) is 4.79 Å². The summed E-state index contributed by atoms with van der Waals surface area (Å²) in [6, 6.07) is 7.27. The van der Waals surface area contributed by atoms with Crippen LogP contribution in [0.15, 0.2) is 36.7 Å². The molecule has 27 heavy (non-hydrogen) atoms. The molecule has 0 unspecified atom stereocenters. The summed E-state index contributed by atoms with van der Waals surface area (Å²) in [4.78, 5) is 20.8. The fourth-order valence-electron chi connectivity index (χ4n) is 2.95. The molecule has 2 aromatic rings. The van der Waals surface area contributed by atoms with Gasteiger partial charge in [0.05, 0.1) is 12.2 Å². The number of aromatic nitrogens is 2. The van der Waals surface area contributed by atoms with Gasteiger partial charge in [-0.2, -0.15) is 0 Å². The molecule has 0 spiro atoms. The normalized spacial score (nSPS) is 10.7. The number of carbonyl (C=O) groups is 1. The Morgan fingerprint density at radius 2 is 1.48 bits per heavy atom. The zero-order valence-electron chi connectivity index (χ0n) is 16.7. The SMILES string of the molecule is CCCCCCCCCc1cnc(-c2ccc(C(=O)OCCC)cc2)nc1. The molecule has 0 atom stereocenters. The first-order valence-electron chi connectivity index (χ1n) is 10.3. The number of esters is 1. The van der Waals surface area contributed by atoms with Gasteiger partial charge in [0.1, 0.15) is 0 Å². The highest BCUT2D eigenvalue weighted by molar-refractivity contribution is 5.89. The van der Waals surface area contributed by atoms with Crippen LogP contribution in [0.1, 0.15) is 81.1 Å². The Hall–Kier alpha value is -2.23. The number of unbranched alkanes of at least 4 members (excludes halogenated alkanes) is 6. The Morgan fingerprint density at radius 3 is 2.11 bits per heavy atom. The minimum absolute atomic E-state index is 0.283. The molecule has 0 saturated heterocycles. The van der Waals surface area contributed by atoms with Gasteiger partial charge in [0, 0.05) is 18.0 Å². The number of nitrogens with zero attached hydrogens (tertiary/aromatic N) is 2. The number of rotatable bonds is 12. The number of hydrogen-bond acceptors (Lipinski definition) is 4. The van der Waals surface area contributed by atoms with Crippen molar-refractivity contribution in [1.82, 2.24) is 9.97 Å². The molecule has 0 aliphatic carbocycles. The van der Waals surface area contributed by atoms with Crippen molar-refractivity contribution in [2.45, 2.75) is 71.6 Å². The lowest BCUT2D eigenvalue weighted by Crippen LogP contribution is -2.05. The predicted octanol–water partition coefficient (Wildman–Crippen LogP) is 6.00. The van der Waals surface area contributed by atoms with E-state index in [-0.39, 0.29) is 5.97 Å². The lowest BCUT2D eigenvalue weighted by atomic mass is 10.1. The molecule has 146 valence electrons. The lowest BCUT2D eigenvalue weighted by molar-refractivity contribution is 0.0505. The van der Waals surface area contributed by atoms with E-state index in [2.05, 4.69) is 16.9 Å². The van der Waals surface area contributed by atoms with Crippen molar-refractivity contribution >= 4 is 5.97 Å². The summed E-state index contributed by atoms with van der Waals surface area (Å²) in [5.74, 6) is 0.404. The van der Waals surface area contributed by atoms with E-state index >= 15 is 0 Å². The Labute approximate surface area is 163 Å². The summed E-state index contributed by atoms with van der Waals surface area (Å²) in [5.41, 5.74) is 2.65. The van der Waals surface area contributed by atoms with Crippen LogP contribution in [0.4, 0.5) is 0 Å². The largest absolute Gasteiger partial charge is 0.462 e. The topological polar surface area (TPSA) is 52.1 Å². The molecular formula is C23H32N2O2. The van der Waals surface area contributed by atoms with Gasteiger partial charge < -0.3 is 4.74 Å². The average molecular weight is 369 g/mol. The molecule has 0 bridgehead atoms. The van der Waals surface area contributed by atoms with Crippen LogP contribution in [-0.4, -0.2) is 22.5 Å². The fraction of sp³-hybridized carbons (Fsp3) is 0.522. The molecule has 0 fully saturated rings. The predicted molar refractivity (Wildman–Crippen MR) is 110 cm³/mol. The molecule has 0 radical (unpaired) electrons. The molecule has 0 N–H and O–H groups in total. The van der Waals surface area contributed by atoms with Gasteiger partial charge in [0.25, 0.3) is 0 Å². The van der Waals surface area contributed by atoms with Crippen LogP contribution in [0.5, 0.6) is 0 Å². The molecule has 1 heterocycles. The minimum Gasteiger partial charge on any atom is -0.462 e. The number of hydrogen-bond donors (Lipinski definition) is 0. The van der Waals surface area contributed by atoms with E-state index in [1.165, 1.54) is 50.5 Å². The summed E-state index contributed by atoms with van der Waals surface area (Å²) < 4.78 is 5.14. The van der Waals surface area contributed by atoms with Crippen LogP contribution in [0.3, 0.4) is 0 Å². The van der Waals surface area contributed by atoms with Crippen molar-refractivity contribution in [2.24, 2.45) is 0 Å². The van der Waals surface area contributed by atoms with Gasteiger partial charge >= 0.3 is 5.97 Å². The molecule has 4 nitrogen and oxygen atoms in total. The van der Waals surface area contributed by atoms with E-state index in [0.29, 0.717) is 18.0 Å². The summed E-state index contributed by atoms with van der Waals surface area (Å²) in [5, 5.41) is 0. The second-order valence-corrected chi connectivity index (χ2v) is 7.00. The first-order valence-corrected chi connectivity index (χ1v) is 10.3. The summed E-state index contributed by atoms with van der Waals surface area (Å²) in [6.07, 6.45) is 14.9. The summed E-state index contributed by atoms with van der Waals surface area (Å²) in [6.45, 7) is 4.68. The maximum Gasteiger partial charge on any atom is 0.338 e. The fourth-order valence-corrected chi connectivity index (χ4v) is 2.95. The number of ether oxygens (including phenoxy) is 1. The van der Waals surface area contributed by atoms with Gasteiger partial charge in [0.2, 0.25) is 0 Å². The quantitative estimate of drug-likeness (QED) is 0.340. The Kier molecular flexibility index (Phi) is 9.53. The van der Waals surface area contributed by atoms with Crippen molar-refractivity contribution in [3.63, 3.8) is 0 Å². The first-order chi connectivity index (χ1) is 13.2. The van der Waals surface area contributed by atoms with Crippen LogP contribution >= 0.6 is 0 Å². The molecule has 0 saturated carbocycles. The van der Waals surface area contributed by atoms with Crippen molar-refractivity contribution in [2.75, 3.05) is 6.61 Å². The zero-order chi connectivity index (χ0) is 19.3. The third-order valence-electron chi connectivity index (χ3n) is 4.59. The van der Waals surface area contributed by atoms with Crippen LogP contribution in [0.2, 0.25) is 0 Å². The standard InChI is InChI=1S/C23H32N2O2/c1-3-5-6-7-8-9-10-11-19-17-24-22(25-18-19)20-12-14-21(15-13-20)23(26)27-16-4-2/h12-15,17-18H,3-11,16H2,1-2H3. The Morgan fingerprint density at radius 1 is 0.852 bits per heavy atom. The molecule has 4 heteroatoms. The van der Waals surface area contributed by atoms with Gasteiger partial charge in [0.15, 0.2) is 5.82 Å². The highest BCUT2D eigenvalue weighted by Crippen LogP contribution is 2.17. The first kappa shape index (κ1) is 21.1. The van der Waals surface area contributed by atoms with Gasteiger partial charge in [-0.05, 0) is 37.0 Å². The van der Waals surface area contributed by atoms with Gasteiger partial charge in [-0.15, -0.1) is 0 Å². The molecule has 2 rings (SSSR count). The van der Waals surface area contributed by atoms with E-state index < -0.39 is 0 Å². The van der Waals surface area contributed by atoms with Crippen LogP contribution < -0.4 is 0 Å². The van der Waals surface area contributed by atoms with Crippen LogP contribution in [0.25, 0.3) is 11.4 Å². The monoisotopic (exact) mass is 368 g/mol. The van der Waals surface area contributed by atoms with E-state index in [1.54, 1.807) is 12.1 Å². The molecule has 0 aliphatic heterocycles. The molecule has 0 amide bonds. The van der Waals surface area contributed by atoms with Gasteiger partial charge in [-0.1, -0.05) is 64.5 Å². The Bertz CT molecular complexity index is 666. The van der Waals surface area contributed by atoms with Crippen molar-refractivity contribution in [3.05, 3.63) is 47.8 Å². The Balaban J connectivity index is 1.80. The highest BCUT2D eigenvalue weighted by Gasteiger charge is 2.08. The van der Waals surface area contributed by atoms with E-state index in [1.807, 2.05) is 31.5 Å². The average Bonchev–Trinajstić information content (AvgIpc) is 2.72. The molecular weight excluding hydrogens is 336 g/mol. The number of carbonyl (C=O) groups excluding carboxylic acids is 1. The third kappa shape index (κ3) is 7.49. The maximum absolute atomic E-state index is 11.8. The number of aryl methyl sites for hydroxylation is 1. The second kappa shape index (κ2) is 12.2. The third-order valence-corrected chi connectivity index (χ3v) is 4.59. The molecule has 0 aliphatic rings. The summed E-state index contributed by atoms with van der Waals surface area (Å²) >= 11 is 0. The van der Waals surface area contributed by atoms with Crippen LogP contribution in [0, 0.1) is 0 Å². The minimum atomic E-state index is -0.283. The van der Waals surface area contributed by atoms with E-state index in [4.69, 9.17) is 4.74 Å². The van der Waals surface area contributed by atoms with Gasteiger partial charge in [-0.3, -0.25) is 0 Å². The van der Waals surface area contributed by atoms with E-state index in [0.717, 1.165) is 18.4 Å².